The van der Waals surface area contributed by atoms with E-state index in [1.165, 1.54) is 19.3 Å². The normalized spacial score (nSPS) is 32.2. The van der Waals surface area contributed by atoms with E-state index >= 15 is 0 Å². The van der Waals surface area contributed by atoms with Gasteiger partial charge in [-0.2, -0.15) is 0 Å². The third kappa shape index (κ3) is 2.84. The summed E-state index contributed by atoms with van der Waals surface area (Å²) in [5, 5.41) is 3.23. The Bertz CT molecular complexity index is 609. The molecular weight excluding hydrogens is 320 g/mol. The van der Waals surface area contributed by atoms with Gasteiger partial charge in [0, 0.05) is 43.1 Å². The Morgan fingerprint density at radius 2 is 2.04 bits per heavy atom. The van der Waals surface area contributed by atoms with Crippen LogP contribution in [-0.2, 0) is 14.3 Å². The Balaban J connectivity index is 1.29. The zero-order chi connectivity index (χ0) is 17.8. The second-order valence-electron chi connectivity index (χ2n) is 8.96. The Kier molecular flexibility index (Phi) is 3.87. The van der Waals surface area contributed by atoms with Crippen molar-refractivity contribution in [2.75, 3.05) is 19.7 Å². The first-order valence-corrected chi connectivity index (χ1v) is 9.38. The molecular formula is C19H28N2O4. The summed E-state index contributed by atoms with van der Waals surface area (Å²) in [5.41, 5.74) is 0.691. The minimum atomic E-state index is -0.491. The molecule has 0 radical (unpaired) electrons. The molecule has 2 amide bonds. The number of nitrogens with zero attached hydrogens (tertiary/aromatic N) is 1. The van der Waals surface area contributed by atoms with E-state index in [9.17, 15) is 9.59 Å². The molecule has 2 saturated heterocycles. The van der Waals surface area contributed by atoms with Crippen molar-refractivity contribution in [1.29, 1.82) is 0 Å². The van der Waals surface area contributed by atoms with Crippen LogP contribution in [0.1, 0.15) is 46.5 Å². The molecule has 3 atom stereocenters. The number of nitrogens with one attached hydrogen (secondary N) is 1. The van der Waals surface area contributed by atoms with Crippen LogP contribution in [0.15, 0.2) is 11.6 Å². The summed E-state index contributed by atoms with van der Waals surface area (Å²) >= 11 is 0. The molecule has 0 aromatic carbocycles. The van der Waals surface area contributed by atoms with Crippen LogP contribution >= 0.6 is 0 Å². The van der Waals surface area contributed by atoms with E-state index in [0.717, 1.165) is 18.6 Å². The molecule has 0 bridgehead atoms. The van der Waals surface area contributed by atoms with Gasteiger partial charge >= 0.3 is 6.09 Å². The van der Waals surface area contributed by atoms with Gasteiger partial charge in [-0.05, 0) is 45.6 Å². The summed E-state index contributed by atoms with van der Waals surface area (Å²) in [6.07, 6.45) is 6.35. The lowest BCUT2D eigenvalue weighted by molar-refractivity contribution is -0.178. The molecule has 4 fully saturated rings. The number of rotatable bonds is 2. The van der Waals surface area contributed by atoms with Gasteiger partial charge in [0.2, 0.25) is 5.91 Å². The first-order chi connectivity index (χ1) is 11.8. The highest BCUT2D eigenvalue weighted by Crippen LogP contribution is 2.62. The zero-order valence-electron chi connectivity index (χ0n) is 15.3. The summed E-state index contributed by atoms with van der Waals surface area (Å²) in [6, 6.07) is 0.264. The first-order valence-electron chi connectivity index (χ1n) is 9.38. The monoisotopic (exact) mass is 348 g/mol. The van der Waals surface area contributed by atoms with Crippen LogP contribution < -0.4 is 5.32 Å². The van der Waals surface area contributed by atoms with Crippen molar-refractivity contribution >= 4 is 12.0 Å². The number of fused-ring (bicyclic) bond motifs is 2. The summed E-state index contributed by atoms with van der Waals surface area (Å²) < 4.78 is 11.2. The van der Waals surface area contributed by atoms with Gasteiger partial charge in [-0.1, -0.05) is 6.42 Å². The molecule has 0 unspecified atom stereocenters. The van der Waals surface area contributed by atoms with Crippen LogP contribution in [0.3, 0.4) is 0 Å². The Morgan fingerprint density at radius 1 is 1.32 bits per heavy atom. The highest BCUT2D eigenvalue weighted by molar-refractivity contribution is 5.89. The number of hydrogen-bond acceptors (Lipinski definition) is 4. The second kappa shape index (κ2) is 5.73. The number of carbonyl (C=O) groups is 2. The fraction of sp³-hybridized carbons (Fsp3) is 0.789. The van der Waals surface area contributed by atoms with Gasteiger partial charge in [-0.25, -0.2) is 4.79 Å². The molecule has 0 aromatic heterocycles. The summed E-state index contributed by atoms with van der Waals surface area (Å²) in [4.78, 5) is 25.9. The topological polar surface area (TPSA) is 67.9 Å². The van der Waals surface area contributed by atoms with Crippen molar-refractivity contribution in [1.82, 2.24) is 10.2 Å². The van der Waals surface area contributed by atoms with E-state index in [-0.39, 0.29) is 23.5 Å². The standard InChI is InChI=1S/C19H28N2O4/c1-18(2,3)25-17(23)21-10-12(11-21)9-14(22)20-15-13-5-8-24-16(13)19(15)6-4-7-19/h9,13,15-16H,4-8,10-11H2,1-3H3,(H,20,22)/t13-,15+,16+/m0/s1. The number of carbonyl (C=O) groups excluding carboxylic acids is 2. The van der Waals surface area contributed by atoms with Crippen molar-refractivity contribution < 1.29 is 19.1 Å². The lowest BCUT2D eigenvalue weighted by atomic mass is 9.46. The molecule has 1 spiro atoms. The molecule has 2 heterocycles. The summed E-state index contributed by atoms with van der Waals surface area (Å²) in [7, 11) is 0. The third-order valence-electron chi connectivity index (χ3n) is 6.11. The molecule has 4 aliphatic rings. The van der Waals surface area contributed by atoms with Crippen molar-refractivity contribution in [3.05, 3.63) is 11.6 Å². The molecule has 0 aromatic rings. The lowest BCUT2D eigenvalue weighted by Gasteiger charge is -2.63. The summed E-state index contributed by atoms with van der Waals surface area (Å²) in [5.74, 6) is 0.461. The Morgan fingerprint density at radius 3 is 2.64 bits per heavy atom. The van der Waals surface area contributed by atoms with Gasteiger partial charge in [-0.15, -0.1) is 0 Å². The minimum Gasteiger partial charge on any atom is -0.444 e. The van der Waals surface area contributed by atoms with Gasteiger partial charge in [0.25, 0.3) is 0 Å². The molecule has 4 rings (SSSR count). The number of amides is 2. The van der Waals surface area contributed by atoms with Gasteiger partial charge in [-0.3, -0.25) is 4.79 Å². The van der Waals surface area contributed by atoms with Crippen molar-refractivity contribution in [3.63, 3.8) is 0 Å². The average molecular weight is 348 g/mol. The third-order valence-corrected chi connectivity index (χ3v) is 6.11. The number of likely N-dealkylation sites (tertiary alicyclic amines) is 1. The fourth-order valence-electron chi connectivity index (χ4n) is 4.83. The van der Waals surface area contributed by atoms with Crippen LogP contribution in [0.2, 0.25) is 0 Å². The van der Waals surface area contributed by atoms with E-state index in [4.69, 9.17) is 9.47 Å². The molecule has 25 heavy (non-hydrogen) atoms. The molecule has 6 heteroatoms. The molecule has 6 nitrogen and oxygen atoms in total. The van der Waals surface area contributed by atoms with Crippen LogP contribution in [0.4, 0.5) is 4.79 Å². The molecule has 2 saturated carbocycles. The predicted octanol–water partition coefficient (Wildman–Crippen LogP) is 2.24. The summed E-state index contributed by atoms with van der Waals surface area (Å²) in [6.45, 7) is 7.34. The largest absolute Gasteiger partial charge is 0.444 e. The van der Waals surface area contributed by atoms with Crippen LogP contribution in [0.25, 0.3) is 0 Å². The van der Waals surface area contributed by atoms with Crippen molar-refractivity contribution in [2.24, 2.45) is 11.3 Å². The van der Waals surface area contributed by atoms with Crippen molar-refractivity contribution in [3.8, 4) is 0 Å². The average Bonchev–Trinajstić information content (AvgIpc) is 2.81. The van der Waals surface area contributed by atoms with Gasteiger partial charge in [0.1, 0.15) is 5.60 Å². The van der Waals surface area contributed by atoms with E-state index in [0.29, 0.717) is 25.1 Å². The second-order valence-corrected chi connectivity index (χ2v) is 8.96. The van der Waals surface area contributed by atoms with Crippen LogP contribution in [0.5, 0.6) is 0 Å². The first kappa shape index (κ1) is 16.9. The number of hydrogen-bond donors (Lipinski definition) is 1. The molecule has 138 valence electrons. The quantitative estimate of drug-likeness (QED) is 0.777. The molecule has 2 aliphatic heterocycles. The van der Waals surface area contributed by atoms with Gasteiger partial charge in [0.05, 0.1) is 6.10 Å². The predicted molar refractivity (Wildman–Crippen MR) is 92.0 cm³/mol. The Labute approximate surface area is 148 Å². The van der Waals surface area contributed by atoms with Crippen LogP contribution in [0, 0.1) is 11.3 Å². The van der Waals surface area contributed by atoms with E-state index < -0.39 is 5.60 Å². The van der Waals surface area contributed by atoms with E-state index in [1.807, 2.05) is 20.8 Å². The maximum atomic E-state index is 12.4. The Hall–Kier alpha value is -1.56. The van der Waals surface area contributed by atoms with Crippen LogP contribution in [-0.4, -0.2) is 54.3 Å². The van der Waals surface area contributed by atoms with E-state index in [1.54, 1.807) is 11.0 Å². The zero-order valence-corrected chi connectivity index (χ0v) is 15.3. The maximum absolute atomic E-state index is 12.4. The van der Waals surface area contributed by atoms with Gasteiger partial charge < -0.3 is 19.7 Å². The molecule has 1 N–H and O–H groups in total. The minimum absolute atomic E-state index is 0.0273. The highest BCUT2D eigenvalue weighted by Gasteiger charge is 2.66. The SMILES string of the molecule is CC(C)(C)OC(=O)N1CC(=CC(=O)N[C@@H]2[C@@H]3CCO[C@H]3C23CCC3)C1. The molecule has 2 aliphatic carbocycles. The maximum Gasteiger partial charge on any atom is 0.410 e. The smallest absolute Gasteiger partial charge is 0.410 e. The van der Waals surface area contributed by atoms with Gasteiger partial charge in [0.15, 0.2) is 0 Å². The highest BCUT2D eigenvalue weighted by atomic mass is 16.6. The number of ether oxygens (including phenoxy) is 2. The van der Waals surface area contributed by atoms with E-state index in [2.05, 4.69) is 5.32 Å². The lowest BCUT2D eigenvalue weighted by Crippen LogP contribution is -2.71. The fourth-order valence-corrected chi connectivity index (χ4v) is 4.83. The van der Waals surface area contributed by atoms with Crippen molar-refractivity contribution in [2.45, 2.75) is 64.2 Å².